The van der Waals surface area contributed by atoms with Gasteiger partial charge in [0.1, 0.15) is 0 Å². The van der Waals surface area contributed by atoms with E-state index in [2.05, 4.69) is 23.8 Å². The summed E-state index contributed by atoms with van der Waals surface area (Å²) >= 11 is 0. The van der Waals surface area contributed by atoms with Crippen molar-refractivity contribution in [1.82, 2.24) is 14.5 Å². The third kappa shape index (κ3) is 2.06. The van der Waals surface area contributed by atoms with E-state index in [-0.39, 0.29) is 0 Å². The highest BCUT2D eigenvalue weighted by Crippen LogP contribution is 2.15. The smallest absolute Gasteiger partial charge is 0.155 e. The molecular formula is C12H15N3. The Labute approximate surface area is 89.8 Å². The van der Waals surface area contributed by atoms with Gasteiger partial charge in [-0.1, -0.05) is 13.8 Å². The van der Waals surface area contributed by atoms with Crippen molar-refractivity contribution in [3.8, 4) is 5.82 Å². The van der Waals surface area contributed by atoms with Crippen molar-refractivity contribution in [3.05, 3.63) is 42.6 Å². The summed E-state index contributed by atoms with van der Waals surface area (Å²) in [6.45, 7) is 4.32. The highest BCUT2D eigenvalue weighted by Gasteiger charge is 2.05. The molecule has 0 aliphatic carbocycles. The Morgan fingerprint density at radius 1 is 1.20 bits per heavy atom. The number of hydrogen-bond donors (Lipinski definition) is 0. The lowest BCUT2D eigenvalue weighted by Crippen LogP contribution is -2.00. The molecular weight excluding hydrogens is 186 g/mol. The molecule has 1 atom stereocenters. The molecule has 2 aromatic rings. The van der Waals surface area contributed by atoms with Crippen LogP contribution >= 0.6 is 0 Å². The van der Waals surface area contributed by atoms with Gasteiger partial charge in [0.05, 0.1) is 18.1 Å². The summed E-state index contributed by atoms with van der Waals surface area (Å²) in [7, 11) is 0. The predicted octanol–water partition coefficient (Wildman–Crippen LogP) is 2.78. The van der Waals surface area contributed by atoms with E-state index < -0.39 is 0 Å². The van der Waals surface area contributed by atoms with Gasteiger partial charge in [-0.2, -0.15) is 0 Å². The normalized spacial score (nSPS) is 12.7. The molecule has 15 heavy (non-hydrogen) atoms. The minimum absolute atomic E-state index is 0.483. The number of rotatable bonds is 3. The van der Waals surface area contributed by atoms with Crippen LogP contribution < -0.4 is 0 Å². The maximum Gasteiger partial charge on any atom is 0.155 e. The zero-order valence-corrected chi connectivity index (χ0v) is 9.09. The standard InChI is InChI=1S/C12H15N3/c1-3-10(2)11-8-14-12(9-13-11)15-6-4-5-7-15/h4-10H,3H2,1-2H3. The van der Waals surface area contributed by atoms with Crippen molar-refractivity contribution in [3.63, 3.8) is 0 Å². The van der Waals surface area contributed by atoms with E-state index >= 15 is 0 Å². The molecule has 2 rings (SSSR count). The molecule has 2 aromatic heterocycles. The quantitative estimate of drug-likeness (QED) is 0.764. The number of aromatic nitrogens is 3. The van der Waals surface area contributed by atoms with Gasteiger partial charge >= 0.3 is 0 Å². The van der Waals surface area contributed by atoms with Crippen LogP contribution in [0.25, 0.3) is 5.82 Å². The monoisotopic (exact) mass is 201 g/mol. The Bertz CT molecular complexity index is 403. The van der Waals surface area contributed by atoms with Gasteiger partial charge in [-0.15, -0.1) is 0 Å². The number of nitrogens with zero attached hydrogens (tertiary/aromatic N) is 3. The van der Waals surface area contributed by atoms with Gasteiger partial charge in [0.2, 0.25) is 0 Å². The summed E-state index contributed by atoms with van der Waals surface area (Å²) in [6.07, 6.45) is 8.71. The lowest BCUT2D eigenvalue weighted by atomic mass is 10.1. The largest absolute Gasteiger partial charge is 0.307 e. The van der Waals surface area contributed by atoms with Crippen molar-refractivity contribution in [1.29, 1.82) is 0 Å². The average Bonchev–Trinajstić information content (AvgIpc) is 2.82. The van der Waals surface area contributed by atoms with E-state index in [0.29, 0.717) is 5.92 Å². The van der Waals surface area contributed by atoms with Crippen LogP contribution in [0.5, 0.6) is 0 Å². The summed E-state index contributed by atoms with van der Waals surface area (Å²) in [5.74, 6) is 1.35. The van der Waals surface area contributed by atoms with Gasteiger partial charge in [-0.05, 0) is 24.5 Å². The third-order valence-electron chi connectivity index (χ3n) is 2.64. The fraction of sp³-hybridized carbons (Fsp3) is 0.333. The Morgan fingerprint density at radius 3 is 2.47 bits per heavy atom. The molecule has 0 bridgehead atoms. The molecule has 78 valence electrons. The van der Waals surface area contributed by atoms with E-state index in [1.54, 1.807) is 0 Å². The van der Waals surface area contributed by atoms with Gasteiger partial charge in [-0.25, -0.2) is 4.98 Å². The topological polar surface area (TPSA) is 30.7 Å². The number of hydrogen-bond acceptors (Lipinski definition) is 2. The molecule has 0 spiro atoms. The van der Waals surface area contributed by atoms with Crippen LogP contribution in [0.4, 0.5) is 0 Å². The summed E-state index contributed by atoms with van der Waals surface area (Å²) in [5.41, 5.74) is 1.06. The zero-order chi connectivity index (χ0) is 10.7. The molecule has 0 fully saturated rings. The van der Waals surface area contributed by atoms with E-state index in [9.17, 15) is 0 Å². The minimum atomic E-state index is 0.483. The molecule has 1 unspecified atom stereocenters. The fourth-order valence-corrected chi connectivity index (χ4v) is 1.42. The molecule has 3 heteroatoms. The van der Waals surface area contributed by atoms with E-state index in [1.807, 2.05) is 41.5 Å². The van der Waals surface area contributed by atoms with E-state index in [4.69, 9.17) is 0 Å². The van der Waals surface area contributed by atoms with Crippen LogP contribution in [0.3, 0.4) is 0 Å². The van der Waals surface area contributed by atoms with Gasteiger partial charge in [0, 0.05) is 12.4 Å². The Balaban J connectivity index is 2.25. The highest BCUT2D eigenvalue weighted by molar-refractivity contribution is 5.21. The second-order valence-corrected chi connectivity index (χ2v) is 3.70. The Morgan fingerprint density at radius 2 is 1.93 bits per heavy atom. The molecule has 0 radical (unpaired) electrons. The van der Waals surface area contributed by atoms with E-state index in [1.165, 1.54) is 0 Å². The minimum Gasteiger partial charge on any atom is -0.307 e. The van der Waals surface area contributed by atoms with Crippen LogP contribution in [-0.2, 0) is 0 Å². The van der Waals surface area contributed by atoms with Crippen LogP contribution in [0.1, 0.15) is 31.9 Å². The fourth-order valence-electron chi connectivity index (χ4n) is 1.42. The van der Waals surface area contributed by atoms with Crippen molar-refractivity contribution < 1.29 is 0 Å². The highest BCUT2D eigenvalue weighted by atomic mass is 15.1. The summed E-state index contributed by atoms with van der Waals surface area (Å²) in [5, 5.41) is 0. The Hall–Kier alpha value is -1.64. The molecule has 2 heterocycles. The van der Waals surface area contributed by atoms with Crippen LogP contribution in [0.15, 0.2) is 36.9 Å². The second-order valence-electron chi connectivity index (χ2n) is 3.70. The maximum absolute atomic E-state index is 4.42. The third-order valence-corrected chi connectivity index (χ3v) is 2.64. The Kier molecular flexibility index (Phi) is 2.81. The predicted molar refractivity (Wildman–Crippen MR) is 60.1 cm³/mol. The molecule has 0 saturated heterocycles. The van der Waals surface area contributed by atoms with Crippen molar-refractivity contribution in [2.45, 2.75) is 26.2 Å². The van der Waals surface area contributed by atoms with Gasteiger partial charge in [-0.3, -0.25) is 4.98 Å². The molecule has 0 amide bonds. The molecule has 0 aliphatic heterocycles. The van der Waals surface area contributed by atoms with Gasteiger partial charge < -0.3 is 4.57 Å². The summed E-state index contributed by atoms with van der Waals surface area (Å²) < 4.78 is 1.95. The van der Waals surface area contributed by atoms with Crippen molar-refractivity contribution in [2.75, 3.05) is 0 Å². The lowest BCUT2D eigenvalue weighted by Gasteiger charge is -2.08. The first kappa shape index (κ1) is 9.90. The second kappa shape index (κ2) is 4.26. The maximum atomic E-state index is 4.42. The summed E-state index contributed by atoms with van der Waals surface area (Å²) in [4.78, 5) is 8.81. The van der Waals surface area contributed by atoms with E-state index in [0.717, 1.165) is 17.9 Å². The summed E-state index contributed by atoms with van der Waals surface area (Å²) in [6, 6.07) is 3.95. The zero-order valence-electron chi connectivity index (χ0n) is 9.09. The molecule has 0 aliphatic rings. The molecule has 0 aromatic carbocycles. The molecule has 0 N–H and O–H groups in total. The van der Waals surface area contributed by atoms with Crippen LogP contribution in [0, 0.1) is 0 Å². The van der Waals surface area contributed by atoms with Gasteiger partial charge in [0.25, 0.3) is 0 Å². The first-order valence-electron chi connectivity index (χ1n) is 5.26. The first-order valence-corrected chi connectivity index (χ1v) is 5.26. The first-order chi connectivity index (χ1) is 7.31. The molecule has 0 saturated carbocycles. The van der Waals surface area contributed by atoms with Crippen LogP contribution in [0.2, 0.25) is 0 Å². The van der Waals surface area contributed by atoms with Gasteiger partial charge in [0.15, 0.2) is 5.82 Å². The van der Waals surface area contributed by atoms with Crippen LogP contribution in [-0.4, -0.2) is 14.5 Å². The van der Waals surface area contributed by atoms with Crippen molar-refractivity contribution >= 4 is 0 Å². The lowest BCUT2D eigenvalue weighted by molar-refractivity contribution is 0.700. The SMILES string of the molecule is CCC(C)c1cnc(-n2cccc2)cn1. The van der Waals surface area contributed by atoms with Crippen molar-refractivity contribution in [2.24, 2.45) is 0 Å². The molecule has 3 nitrogen and oxygen atoms in total. The average molecular weight is 201 g/mol.